The Morgan fingerprint density at radius 1 is 0.808 bits per heavy atom. The molecule has 12 nitrogen and oxygen atoms in total. The van der Waals surface area contributed by atoms with Crippen LogP contribution in [0.3, 0.4) is 0 Å². The summed E-state index contributed by atoms with van der Waals surface area (Å²) in [6.45, 7) is 7.40. The number of halogens is 2. The van der Waals surface area contributed by atoms with Crippen LogP contribution < -0.4 is 19.5 Å². The van der Waals surface area contributed by atoms with E-state index in [1.807, 2.05) is 0 Å². The number of amides is 2. The molecule has 1 saturated heterocycles. The number of aromatic nitrogens is 1. The van der Waals surface area contributed by atoms with Crippen molar-refractivity contribution in [3.8, 4) is 23.3 Å². The number of hydrogen-bond acceptors (Lipinski definition) is 11. The number of imide groups is 1. The molecule has 0 atom stereocenters. The Morgan fingerprint density at radius 2 is 1.48 bits per heavy atom. The Kier molecular flexibility index (Phi) is 12.3. The Labute approximate surface area is 312 Å². The van der Waals surface area contributed by atoms with Gasteiger partial charge >= 0.3 is 0 Å². The first kappa shape index (κ1) is 37.1. The molecule has 3 heterocycles. The van der Waals surface area contributed by atoms with E-state index >= 15 is 0 Å². The highest BCUT2D eigenvalue weighted by atomic mass is 35.5. The van der Waals surface area contributed by atoms with Gasteiger partial charge in [0.2, 0.25) is 0 Å². The van der Waals surface area contributed by atoms with E-state index in [0.29, 0.717) is 92.6 Å². The lowest BCUT2D eigenvalue weighted by molar-refractivity contribution is 0.0598. The van der Waals surface area contributed by atoms with E-state index in [4.69, 9.17) is 42.1 Å². The number of ether oxygens (including phenoxy) is 4. The molecule has 0 unspecified atom stereocenters. The lowest BCUT2D eigenvalue weighted by atomic mass is 10.1. The van der Waals surface area contributed by atoms with Crippen LogP contribution >= 0.6 is 23.2 Å². The summed E-state index contributed by atoms with van der Waals surface area (Å²) in [6, 6.07) is 16.0. The molecule has 0 aliphatic carbocycles. The van der Waals surface area contributed by atoms with E-state index in [9.17, 15) is 14.9 Å². The van der Waals surface area contributed by atoms with Gasteiger partial charge in [-0.25, -0.2) is 0 Å². The normalized spacial score (nSPS) is 14.8. The topological polar surface area (TPSA) is 129 Å². The van der Waals surface area contributed by atoms with Crippen molar-refractivity contribution >= 4 is 57.3 Å². The van der Waals surface area contributed by atoms with E-state index in [-0.39, 0.29) is 11.8 Å². The van der Waals surface area contributed by atoms with Gasteiger partial charge in [-0.2, -0.15) is 5.26 Å². The molecular formula is C38H40Cl2N6O6. The zero-order valence-corrected chi connectivity index (χ0v) is 30.6. The van der Waals surface area contributed by atoms with Gasteiger partial charge < -0.3 is 29.2 Å². The van der Waals surface area contributed by atoms with Crippen LogP contribution in [-0.4, -0.2) is 111 Å². The first-order valence-corrected chi connectivity index (χ1v) is 17.9. The monoisotopic (exact) mass is 746 g/mol. The second-order valence-corrected chi connectivity index (χ2v) is 13.2. The third-order valence-electron chi connectivity index (χ3n) is 9.26. The number of nitriles is 1. The number of anilines is 2. The van der Waals surface area contributed by atoms with Crippen LogP contribution in [-0.2, 0) is 4.74 Å². The minimum absolute atomic E-state index is 0.184. The van der Waals surface area contributed by atoms with Crippen molar-refractivity contribution < 1.29 is 28.5 Å². The third-order valence-corrected chi connectivity index (χ3v) is 9.87. The third kappa shape index (κ3) is 8.36. The fourth-order valence-corrected chi connectivity index (χ4v) is 6.91. The Balaban J connectivity index is 0.919. The van der Waals surface area contributed by atoms with Crippen LogP contribution in [0.15, 0.2) is 54.7 Å². The maximum atomic E-state index is 12.6. The Morgan fingerprint density at radius 3 is 2.15 bits per heavy atom. The number of piperazine rings is 1. The van der Waals surface area contributed by atoms with Gasteiger partial charge in [0.1, 0.15) is 18.4 Å². The van der Waals surface area contributed by atoms with Crippen LogP contribution in [0.1, 0.15) is 39.1 Å². The highest BCUT2D eigenvalue weighted by Crippen LogP contribution is 2.40. The molecule has 2 aliphatic rings. The summed E-state index contributed by atoms with van der Waals surface area (Å²) in [4.78, 5) is 35.8. The average Bonchev–Trinajstić information content (AvgIpc) is 3.40. The molecule has 52 heavy (non-hydrogen) atoms. The fraction of sp³-hybridized carbons (Fsp3) is 0.368. The second-order valence-electron chi connectivity index (χ2n) is 12.4. The summed E-state index contributed by atoms with van der Waals surface area (Å²) in [5, 5.41) is 14.5. The van der Waals surface area contributed by atoms with Gasteiger partial charge in [0.05, 0.1) is 71.1 Å². The predicted molar refractivity (Wildman–Crippen MR) is 200 cm³/mol. The van der Waals surface area contributed by atoms with Crippen molar-refractivity contribution in [2.75, 3.05) is 85.2 Å². The second kappa shape index (κ2) is 17.3. The van der Waals surface area contributed by atoms with Crippen molar-refractivity contribution in [1.29, 1.82) is 5.26 Å². The SMILES string of the molecule is COc1cc(Nc2c(C#N)cnc3cc(OCCOCCN4CCN(CCCCN5C(=O)c6ccccc6C5=O)CC4)c(OC)cc23)c(Cl)cc1Cl. The number of benzene rings is 3. The molecule has 272 valence electrons. The number of fused-ring (bicyclic) bond motifs is 2. The zero-order chi connectivity index (χ0) is 36.6. The average molecular weight is 748 g/mol. The van der Waals surface area contributed by atoms with Crippen LogP contribution in [0.4, 0.5) is 11.4 Å². The molecule has 0 radical (unpaired) electrons. The number of nitrogens with one attached hydrogen (secondary N) is 1. The number of rotatable bonds is 16. The number of hydrogen-bond donors (Lipinski definition) is 1. The van der Waals surface area contributed by atoms with Crippen molar-refractivity contribution in [3.63, 3.8) is 0 Å². The number of pyridine rings is 1. The number of unbranched alkanes of at least 4 members (excludes halogenated alkanes) is 1. The molecule has 3 aromatic carbocycles. The summed E-state index contributed by atoms with van der Waals surface area (Å²) in [5.41, 5.74) is 2.95. The van der Waals surface area contributed by atoms with E-state index in [1.165, 1.54) is 18.2 Å². The smallest absolute Gasteiger partial charge is 0.261 e. The van der Waals surface area contributed by atoms with Gasteiger partial charge in [-0.1, -0.05) is 35.3 Å². The minimum atomic E-state index is -0.184. The molecule has 1 N–H and O–H groups in total. The van der Waals surface area contributed by atoms with Crippen molar-refractivity contribution in [3.05, 3.63) is 81.5 Å². The van der Waals surface area contributed by atoms with Gasteiger partial charge in [-0.3, -0.25) is 24.4 Å². The lowest BCUT2D eigenvalue weighted by Gasteiger charge is -2.34. The van der Waals surface area contributed by atoms with Gasteiger partial charge in [0.15, 0.2) is 11.5 Å². The maximum Gasteiger partial charge on any atom is 0.261 e. The molecule has 6 rings (SSSR count). The van der Waals surface area contributed by atoms with Gasteiger partial charge in [0, 0.05) is 63.0 Å². The number of carbonyl (C=O) groups is 2. The van der Waals surface area contributed by atoms with E-state index in [2.05, 4.69) is 26.2 Å². The number of methoxy groups -OCH3 is 2. The molecule has 4 aromatic rings. The van der Waals surface area contributed by atoms with Crippen LogP contribution in [0.5, 0.6) is 17.2 Å². The molecule has 1 fully saturated rings. The summed E-state index contributed by atoms with van der Waals surface area (Å²) in [5.74, 6) is 1.06. The van der Waals surface area contributed by atoms with E-state index in [0.717, 1.165) is 52.1 Å². The molecule has 14 heteroatoms. The van der Waals surface area contributed by atoms with E-state index < -0.39 is 0 Å². The highest BCUT2D eigenvalue weighted by Gasteiger charge is 2.34. The van der Waals surface area contributed by atoms with Crippen LogP contribution in [0.25, 0.3) is 10.9 Å². The largest absolute Gasteiger partial charge is 0.495 e. The molecule has 0 saturated carbocycles. The molecule has 1 aromatic heterocycles. The molecule has 0 bridgehead atoms. The van der Waals surface area contributed by atoms with Crippen molar-refractivity contribution in [2.24, 2.45) is 0 Å². The quantitative estimate of drug-likeness (QED) is 0.103. The van der Waals surface area contributed by atoms with Gasteiger partial charge in [-0.05, 0) is 43.7 Å². The summed E-state index contributed by atoms with van der Waals surface area (Å²) in [7, 11) is 3.07. The van der Waals surface area contributed by atoms with Crippen molar-refractivity contribution in [1.82, 2.24) is 19.7 Å². The van der Waals surface area contributed by atoms with Crippen molar-refractivity contribution in [2.45, 2.75) is 12.8 Å². The number of carbonyl (C=O) groups excluding carboxylic acids is 2. The standard InChI is InChI=1S/C38H40Cl2N6O6/c1-49-33-22-32(29(39)20-30(33)40)43-36-25(23-41)24-42-31-21-35(34(50-2)19-28(31)36)52-18-17-51-16-15-45-13-11-44(12-14-45)9-5-6-10-46-37(47)26-7-3-4-8-27(26)38(46)48/h3-4,7-8,19-22,24H,5-6,9-18H2,1-2H3,(H,42,43). The lowest BCUT2D eigenvalue weighted by Crippen LogP contribution is -2.47. The van der Waals surface area contributed by atoms with Crippen LogP contribution in [0.2, 0.25) is 10.0 Å². The van der Waals surface area contributed by atoms with Crippen LogP contribution in [0, 0.1) is 11.3 Å². The fourth-order valence-electron chi connectivity index (χ4n) is 6.40. The summed E-state index contributed by atoms with van der Waals surface area (Å²) < 4.78 is 22.9. The summed E-state index contributed by atoms with van der Waals surface area (Å²) >= 11 is 12.7. The maximum absolute atomic E-state index is 12.6. The minimum Gasteiger partial charge on any atom is -0.495 e. The van der Waals surface area contributed by atoms with E-state index in [1.54, 1.807) is 55.6 Å². The molecule has 2 amide bonds. The predicted octanol–water partition coefficient (Wildman–Crippen LogP) is 6.26. The molecular weight excluding hydrogens is 707 g/mol. The first-order chi connectivity index (χ1) is 25.3. The van der Waals surface area contributed by atoms with Gasteiger partial charge in [-0.15, -0.1) is 0 Å². The Bertz CT molecular complexity index is 1950. The summed E-state index contributed by atoms with van der Waals surface area (Å²) in [6.07, 6.45) is 3.22. The number of nitrogens with zero attached hydrogens (tertiary/aromatic N) is 5. The van der Waals surface area contributed by atoms with Gasteiger partial charge in [0.25, 0.3) is 11.8 Å². The Hall–Kier alpha value is -4.64. The zero-order valence-electron chi connectivity index (χ0n) is 29.1. The highest BCUT2D eigenvalue weighted by molar-refractivity contribution is 6.37. The molecule has 2 aliphatic heterocycles. The molecule has 0 spiro atoms. The first-order valence-electron chi connectivity index (χ1n) is 17.1.